The summed E-state index contributed by atoms with van der Waals surface area (Å²) >= 11 is 1.83. The number of benzene rings is 2. The van der Waals surface area contributed by atoms with E-state index in [0.717, 1.165) is 16.9 Å². The Morgan fingerprint density at radius 1 is 0.950 bits per heavy atom. The van der Waals surface area contributed by atoms with Gasteiger partial charge in [0.25, 0.3) is 0 Å². The van der Waals surface area contributed by atoms with Crippen molar-refractivity contribution in [3.63, 3.8) is 0 Å². The molecule has 0 spiro atoms. The molecule has 3 aromatic rings. The zero-order valence-corrected chi connectivity index (χ0v) is 12.4. The van der Waals surface area contributed by atoms with Crippen molar-refractivity contribution in [3.8, 4) is 0 Å². The minimum Gasteiger partial charge on any atom is -0.167 e. The van der Waals surface area contributed by atoms with Gasteiger partial charge in [0, 0.05) is 16.2 Å². The van der Waals surface area contributed by atoms with Crippen LogP contribution in [0.3, 0.4) is 0 Å². The molecule has 0 bridgehead atoms. The van der Waals surface area contributed by atoms with Crippen LogP contribution in [0, 0.1) is 0 Å². The summed E-state index contributed by atoms with van der Waals surface area (Å²) in [6.45, 7) is 0. The molecule has 1 heterocycles. The van der Waals surface area contributed by atoms with Gasteiger partial charge in [-0.15, -0.1) is 11.8 Å². The molecule has 0 N–H and O–H groups in total. The molecular formula is C15H14B2N2S. The van der Waals surface area contributed by atoms with E-state index >= 15 is 0 Å². The first kappa shape index (κ1) is 13.3. The Hall–Kier alpha value is -1.74. The molecule has 2 aromatic carbocycles. The number of rotatable bonds is 3. The van der Waals surface area contributed by atoms with E-state index in [2.05, 4.69) is 60.5 Å². The van der Waals surface area contributed by atoms with Crippen LogP contribution in [-0.4, -0.2) is 25.9 Å². The lowest BCUT2D eigenvalue weighted by Crippen LogP contribution is -2.30. The predicted molar refractivity (Wildman–Crippen MR) is 91.9 cm³/mol. The molecular weight excluding hydrogens is 262 g/mol. The van der Waals surface area contributed by atoms with Crippen LogP contribution in [0.25, 0.3) is 10.9 Å². The fourth-order valence-corrected chi connectivity index (χ4v) is 3.03. The van der Waals surface area contributed by atoms with Gasteiger partial charge in [-0.1, -0.05) is 41.9 Å². The molecule has 0 saturated carbocycles. The maximum atomic E-state index is 4.29. The maximum Gasteiger partial charge on any atom is 0.165 e. The van der Waals surface area contributed by atoms with Crippen molar-refractivity contribution in [3.05, 3.63) is 54.1 Å². The van der Waals surface area contributed by atoms with Gasteiger partial charge < -0.3 is 0 Å². The number of hydrogen-bond acceptors (Lipinski definition) is 3. The molecule has 1 aromatic heterocycles. The lowest BCUT2D eigenvalue weighted by atomic mass is 9.83. The van der Waals surface area contributed by atoms with Gasteiger partial charge in [-0.3, -0.25) is 0 Å². The van der Waals surface area contributed by atoms with Crippen LogP contribution in [-0.2, 0) is 5.75 Å². The normalized spacial score (nSPS) is 10.8. The largest absolute Gasteiger partial charge is 0.167 e. The van der Waals surface area contributed by atoms with Crippen molar-refractivity contribution >= 4 is 49.4 Å². The average molecular weight is 276 g/mol. The van der Waals surface area contributed by atoms with E-state index in [1.807, 2.05) is 25.7 Å². The molecule has 0 saturated heterocycles. The first-order chi connectivity index (χ1) is 9.74. The summed E-state index contributed by atoms with van der Waals surface area (Å²) in [4.78, 5) is 1.24. The van der Waals surface area contributed by atoms with Crippen molar-refractivity contribution in [2.24, 2.45) is 0 Å². The van der Waals surface area contributed by atoms with Crippen molar-refractivity contribution in [2.75, 3.05) is 0 Å². The monoisotopic (exact) mass is 276 g/mol. The Kier molecular flexibility index (Phi) is 3.79. The minimum atomic E-state index is 0.977. The maximum absolute atomic E-state index is 4.29. The second kappa shape index (κ2) is 5.71. The van der Waals surface area contributed by atoms with Crippen LogP contribution in [0.1, 0.15) is 5.56 Å². The molecule has 0 fully saturated rings. The van der Waals surface area contributed by atoms with Crippen LogP contribution in [0.5, 0.6) is 0 Å². The number of hydrogen-bond donors (Lipinski definition) is 0. The summed E-state index contributed by atoms with van der Waals surface area (Å²) in [6, 6.07) is 17.0. The Morgan fingerprint density at radius 2 is 1.75 bits per heavy atom. The highest BCUT2D eigenvalue weighted by Crippen LogP contribution is 2.24. The van der Waals surface area contributed by atoms with Crippen LogP contribution in [0.4, 0.5) is 0 Å². The van der Waals surface area contributed by atoms with E-state index in [-0.39, 0.29) is 0 Å². The zero-order valence-electron chi connectivity index (χ0n) is 11.6. The third kappa shape index (κ3) is 2.73. The van der Waals surface area contributed by atoms with Crippen LogP contribution in [0.2, 0.25) is 0 Å². The fourth-order valence-electron chi connectivity index (χ4n) is 2.14. The van der Waals surface area contributed by atoms with E-state index in [9.17, 15) is 0 Å². The Labute approximate surface area is 124 Å². The molecule has 0 atom stereocenters. The fraction of sp³-hybridized carbons (Fsp3) is 0.0667. The highest BCUT2D eigenvalue weighted by molar-refractivity contribution is 7.98. The van der Waals surface area contributed by atoms with Gasteiger partial charge in [0.15, 0.2) is 7.85 Å². The van der Waals surface area contributed by atoms with Gasteiger partial charge in [0.2, 0.25) is 0 Å². The van der Waals surface area contributed by atoms with Gasteiger partial charge in [-0.25, -0.2) is 0 Å². The highest BCUT2D eigenvalue weighted by atomic mass is 32.2. The van der Waals surface area contributed by atoms with E-state index in [1.54, 1.807) is 0 Å². The van der Waals surface area contributed by atoms with E-state index in [1.165, 1.54) is 21.3 Å². The Bertz CT molecular complexity index is 747. The SMILES string of the molecule is Bc1nnc2cc(SCc3ccccc3)ccc2c1B. The minimum absolute atomic E-state index is 0.977. The first-order valence-corrected chi connectivity index (χ1v) is 7.63. The first-order valence-electron chi connectivity index (χ1n) is 6.64. The second-order valence-electron chi connectivity index (χ2n) is 4.86. The average Bonchev–Trinajstić information content (AvgIpc) is 2.50. The van der Waals surface area contributed by atoms with Gasteiger partial charge in [0.05, 0.1) is 5.52 Å². The molecule has 96 valence electrons. The molecule has 0 unspecified atom stereocenters. The molecule has 3 rings (SSSR count). The molecule has 5 heteroatoms. The zero-order chi connectivity index (χ0) is 13.9. The number of fused-ring (bicyclic) bond motifs is 1. The predicted octanol–water partition coefficient (Wildman–Crippen LogP) is 0.439. The van der Waals surface area contributed by atoms with Crippen molar-refractivity contribution < 1.29 is 0 Å². The molecule has 2 nitrogen and oxygen atoms in total. The van der Waals surface area contributed by atoms with Gasteiger partial charge >= 0.3 is 0 Å². The lowest BCUT2D eigenvalue weighted by Gasteiger charge is -2.06. The molecule has 0 aliphatic carbocycles. The molecule has 20 heavy (non-hydrogen) atoms. The summed E-state index contributed by atoms with van der Waals surface area (Å²) in [5.41, 5.74) is 4.53. The van der Waals surface area contributed by atoms with E-state index < -0.39 is 0 Å². The van der Waals surface area contributed by atoms with Crippen molar-refractivity contribution in [1.29, 1.82) is 0 Å². The quantitative estimate of drug-likeness (QED) is 0.513. The van der Waals surface area contributed by atoms with Crippen molar-refractivity contribution in [2.45, 2.75) is 10.6 Å². The lowest BCUT2D eigenvalue weighted by molar-refractivity contribution is 1.11. The standard InChI is InChI=1S/C15H14B2N2S/c16-14-12-7-6-11(8-13(12)18-19-15(14)17)20-9-10-4-2-1-3-5-10/h1-8H,9,16-17H2. The van der Waals surface area contributed by atoms with Crippen LogP contribution < -0.4 is 11.1 Å². The van der Waals surface area contributed by atoms with E-state index in [4.69, 9.17) is 0 Å². The smallest absolute Gasteiger partial charge is 0.165 e. The van der Waals surface area contributed by atoms with Gasteiger partial charge in [-0.2, -0.15) is 10.2 Å². The summed E-state index contributed by atoms with van der Waals surface area (Å²) in [5, 5.41) is 9.70. The third-order valence-electron chi connectivity index (χ3n) is 3.47. The van der Waals surface area contributed by atoms with Crippen molar-refractivity contribution in [1.82, 2.24) is 10.2 Å². The second-order valence-corrected chi connectivity index (χ2v) is 5.91. The van der Waals surface area contributed by atoms with Crippen LogP contribution >= 0.6 is 11.8 Å². The Morgan fingerprint density at radius 3 is 2.55 bits per heavy atom. The Balaban J connectivity index is 1.85. The highest BCUT2D eigenvalue weighted by Gasteiger charge is 2.04. The number of nitrogens with zero attached hydrogens (tertiary/aromatic N) is 2. The molecule has 0 radical (unpaired) electrons. The number of thioether (sulfide) groups is 1. The summed E-state index contributed by atoms with van der Waals surface area (Å²) < 4.78 is 0. The summed E-state index contributed by atoms with van der Waals surface area (Å²) in [5.74, 6) is 0.977. The van der Waals surface area contributed by atoms with E-state index in [0.29, 0.717) is 0 Å². The molecule has 0 aliphatic heterocycles. The summed E-state index contributed by atoms with van der Waals surface area (Å²) in [6.07, 6.45) is 0. The topological polar surface area (TPSA) is 25.8 Å². The van der Waals surface area contributed by atoms with Gasteiger partial charge in [-0.05, 0) is 23.1 Å². The van der Waals surface area contributed by atoms with Gasteiger partial charge in [0.1, 0.15) is 7.85 Å². The van der Waals surface area contributed by atoms with Crippen LogP contribution in [0.15, 0.2) is 53.4 Å². The summed E-state index contributed by atoms with van der Waals surface area (Å²) in [7, 11) is 4.10. The molecule has 0 amide bonds. The number of aromatic nitrogens is 2. The third-order valence-corrected chi connectivity index (χ3v) is 4.54. The molecule has 0 aliphatic rings.